The Morgan fingerprint density at radius 1 is 0.951 bits per heavy atom. The summed E-state index contributed by atoms with van der Waals surface area (Å²) >= 11 is 6.46. The van der Waals surface area contributed by atoms with E-state index in [1.54, 1.807) is 24.3 Å². The van der Waals surface area contributed by atoms with Gasteiger partial charge in [0.25, 0.3) is 0 Å². The molecule has 0 saturated heterocycles. The van der Waals surface area contributed by atoms with Crippen molar-refractivity contribution < 1.29 is 22.4 Å². The third-order valence-corrected chi connectivity index (χ3v) is 8.71. The van der Waals surface area contributed by atoms with E-state index < -0.39 is 34.5 Å². The number of halogens is 2. The van der Waals surface area contributed by atoms with Crippen LogP contribution in [0.4, 0.5) is 10.1 Å². The molecule has 3 rings (SSSR count). The highest BCUT2D eigenvalue weighted by Crippen LogP contribution is 2.25. The average molecular weight is 603 g/mol. The maximum atomic E-state index is 14.9. The van der Waals surface area contributed by atoms with E-state index in [9.17, 15) is 22.4 Å². The third kappa shape index (κ3) is 8.51. The summed E-state index contributed by atoms with van der Waals surface area (Å²) in [6.45, 7) is 1.62. The van der Waals surface area contributed by atoms with Crippen LogP contribution in [0.2, 0.25) is 5.02 Å². The van der Waals surface area contributed by atoms with Crippen LogP contribution in [-0.4, -0.2) is 62.7 Å². The quantitative estimate of drug-likeness (QED) is 0.272. The Kier molecular flexibility index (Phi) is 11.7. The van der Waals surface area contributed by atoms with Gasteiger partial charge in [-0.15, -0.1) is 0 Å². The van der Waals surface area contributed by atoms with Gasteiger partial charge in [-0.25, -0.2) is 8.70 Å². The number of rotatable bonds is 14. The number of anilines is 1. The van der Waals surface area contributed by atoms with Gasteiger partial charge in [0.05, 0.1) is 5.69 Å². The number of nitrogens with zero attached hydrogens (tertiary/aromatic N) is 3. The molecule has 220 valence electrons. The van der Waals surface area contributed by atoms with Gasteiger partial charge in [0.2, 0.25) is 11.8 Å². The molecule has 1 atom stereocenters. The molecule has 0 radical (unpaired) electrons. The molecule has 0 aliphatic heterocycles. The molecular formula is C30H36ClFN4O4S. The highest BCUT2D eigenvalue weighted by atomic mass is 35.5. The molecule has 0 aromatic heterocycles. The van der Waals surface area contributed by atoms with Crippen molar-refractivity contribution in [2.24, 2.45) is 0 Å². The van der Waals surface area contributed by atoms with Gasteiger partial charge in [0.1, 0.15) is 18.4 Å². The lowest BCUT2D eigenvalue weighted by molar-refractivity contribution is -0.140. The van der Waals surface area contributed by atoms with Gasteiger partial charge in [-0.1, -0.05) is 85.6 Å². The largest absolute Gasteiger partial charge is 0.354 e. The molecule has 0 heterocycles. The zero-order valence-electron chi connectivity index (χ0n) is 23.5. The summed E-state index contributed by atoms with van der Waals surface area (Å²) < 4.78 is 43.2. The molecule has 8 nitrogen and oxygen atoms in total. The van der Waals surface area contributed by atoms with E-state index in [0.717, 1.165) is 33.1 Å². The lowest BCUT2D eigenvalue weighted by Gasteiger charge is -2.34. The van der Waals surface area contributed by atoms with Gasteiger partial charge >= 0.3 is 10.2 Å². The number of hydrogen-bond acceptors (Lipinski definition) is 4. The van der Waals surface area contributed by atoms with E-state index in [1.165, 1.54) is 37.2 Å². The molecule has 0 fully saturated rings. The fourth-order valence-electron chi connectivity index (χ4n) is 4.23. The summed E-state index contributed by atoms with van der Waals surface area (Å²) in [5.41, 5.74) is 1.11. The second-order valence-electron chi connectivity index (χ2n) is 9.71. The van der Waals surface area contributed by atoms with Crippen molar-refractivity contribution in [3.05, 3.63) is 101 Å². The molecule has 11 heteroatoms. The second-order valence-corrected chi connectivity index (χ2v) is 12.2. The second kappa shape index (κ2) is 15.0. The SMILES string of the molecule is CCCCNC(=O)C(Cc1ccccc1)N(Cc1ccccc1Cl)C(=O)CN(c1ccccc1F)S(=O)(=O)N(C)C. The maximum absolute atomic E-state index is 14.9. The Hall–Kier alpha value is -3.47. The normalized spacial score (nSPS) is 12.1. The first kappa shape index (κ1) is 32.0. The van der Waals surface area contributed by atoms with Crippen LogP contribution in [-0.2, 0) is 32.8 Å². The molecule has 3 aromatic carbocycles. The van der Waals surface area contributed by atoms with Crippen molar-refractivity contribution in [1.82, 2.24) is 14.5 Å². The van der Waals surface area contributed by atoms with Crippen LogP contribution >= 0.6 is 11.6 Å². The Balaban J connectivity index is 2.09. The summed E-state index contributed by atoms with van der Waals surface area (Å²) in [5, 5.41) is 3.31. The third-order valence-electron chi connectivity index (χ3n) is 6.54. The first-order valence-electron chi connectivity index (χ1n) is 13.4. The maximum Gasteiger partial charge on any atom is 0.304 e. The Morgan fingerprint density at radius 3 is 2.22 bits per heavy atom. The van der Waals surface area contributed by atoms with E-state index in [-0.39, 0.29) is 24.6 Å². The number of unbranched alkanes of at least 4 members (excludes halogenated alkanes) is 1. The minimum atomic E-state index is -4.29. The van der Waals surface area contributed by atoms with E-state index in [1.807, 2.05) is 37.3 Å². The van der Waals surface area contributed by atoms with Crippen molar-refractivity contribution in [1.29, 1.82) is 0 Å². The van der Waals surface area contributed by atoms with Gasteiger partial charge in [-0.3, -0.25) is 9.59 Å². The lowest BCUT2D eigenvalue weighted by atomic mass is 10.0. The Morgan fingerprint density at radius 2 is 1.59 bits per heavy atom. The molecule has 1 unspecified atom stereocenters. The Labute approximate surface area is 246 Å². The zero-order valence-corrected chi connectivity index (χ0v) is 25.0. The molecule has 2 amide bonds. The lowest BCUT2D eigenvalue weighted by Crippen LogP contribution is -2.54. The molecular weight excluding hydrogens is 567 g/mol. The monoisotopic (exact) mass is 602 g/mol. The number of amides is 2. The fourth-order valence-corrected chi connectivity index (χ4v) is 5.49. The van der Waals surface area contributed by atoms with Gasteiger partial charge in [-0.05, 0) is 35.7 Å². The molecule has 0 spiro atoms. The van der Waals surface area contributed by atoms with Crippen molar-refractivity contribution >= 4 is 39.3 Å². The number of para-hydroxylation sites is 1. The minimum Gasteiger partial charge on any atom is -0.354 e. The molecule has 0 aliphatic rings. The zero-order chi connectivity index (χ0) is 30.0. The van der Waals surface area contributed by atoms with Crippen LogP contribution in [0.3, 0.4) is 0 Å². The van der Waals surface area contributed by atoms with E-state index in [2.05, 4.69) is 5.32 Å². The smallest absolute Gasteiger partial charge is 0.304 e. The number of carbonyl (C=O) groups is 2. The predicted octanol–water partition coefficient (Wildman–Crippen LogP) is 4.65. The van der Waals surface area contributed by atoms with Gasteiger partial charge in [-0.2, -0.15) is 12.7 Å². The molecule has 0 saturated carbocycles. The molecule has 1 N–H and O–H groups in total. The van der Waals surface area contributed by atoms with Crippen LogP contribution in [0.5, 0.6) is 0 Å². The van der Waals surface area contributed by atoms with Crippen molar-refractivity contribution in [2.75, 3.05) is 31.5 Å². The summed E-state index contributed by atoms with van der Waals surface area (Å²) in [4.78, 5) is 29.1. The minimum absolute atomic E-state index is 0.0652. The van der Waals surface area contributed by atoms with Crippen LogP contribution in [0, 0.1) is 5.82 Å². The molecule has 3 aromatic rings. The van der Waals surface area contributed by atoms with Crippen LogP contribution < -0.4 is 9.62 Å². The number of hydrogen-bond donors (Lipinski definition) is 1. The van der Waals surface area contributed by atoms with Crippen LogP contribution in [0.1, 0.15) is 30.9 Å². The van der Waals surface area contributed by atoms with Crippen molar-refractivity contribution in [3.63, 3.8) is 0 Å². The number of nitrogens with one attached hydrogen (secondary N) is 1. The predicted molar refractivity (Wildman–Crippen MR) is 160 cm³/mol. The van der Waals surface area contributed by atoms with E-state index >= 15 is 0 Å². The van der Waals surface area contributed by atoms with Crippen molar-refractivity contribution in [3.8, 4) is 0 Å². The van der Waals surface area contributed by atoms with E-state index in [0.29, 0.717) is 17.1 Å². The topological polar surface area (TPSA) is 90.0 Å². The highest BCUT2D eigenvalue weighted by Gasteiger charge is 2.35. The summed E-state index contributed by atoms with van der Waals surface area (Å²) in [7, 11) is -1.69. The van der Waals surface area contributed by atoms with E-state index in [4.69, 9.17) is 11.6 Å². The van der Waals surface area contributed by atoms with Gasteiger partial charge in [0, 0.05) is 38.6 Å². The molecule has 0 aliphatic carbocycles. The summed E-state index contributed by atoms with van der Waals surface area (Å²) in [5.74, 6) is -1.87. The van der Waals surface area contributed by atoms with Gasteiger partial charge < -0.3 is 10.2 Å². The summed E-state index contributed by atoms with van der Waals surface area (Å²) in [6, 6.07) is 20.5. The first-order valence-corrected chi connectivity index (χ1v) is 15.1. The van der Waals surface area contributed by atoms with Crippen LogP contribution in [0.25, 0.3) is 0 Å². The number of carbonyl (C=O) groups excluding carboxylic acids is 2. The first-order chi connectivity index (χ1) is 19.6. The molecule has 0 bridgehead atoms. The number of benzene rings is 3. The van der Waals surface area contributed by atoms with Crippen molar-refractivity contribution in [2.45, 2.75) is 38.8 Å². The Bertz CT molecular complexity index is 1420. The fraction of sp³-hybridized carbons (Fsp3) is 0.333. The highest BCUT2D eigenvalue weighted by molar-refractivity contribution is 7.90. The van der Waals surface area contributed by atoms with Crippen LogP contribution in [0.15, 0.2) is 78.9 Å². The average Bonchev–Trinajstić information content (AvgIpc) is 2.95. The molecule has 41 heavy (non-hydrogen) atoms. The van der Waals surface area contributed by atoms with Gasteiger partial charge in [0.15, 0.2) is 0 Å². The standard InChI is InChI=1S/C30H36ClFN4O4S/c1-4-5-19-33-30(38)28(20-23-13-7-6-8-14-23)35(21-24-15-9-10-16-25(24)31)29(37)22-36(41(39,40)34(2)3)27-18-12-11-17-26(27)32/h6-18,28H,4-5,19-22H2,1-3H3,(H,33,38). The summed E-state index contributed by atoms with van der Waals surface area (Å²) in [6.07, 6.45) is 1.80.